The lowest BCUT2D eigenvalue weighted by Crippen LogP contribution is -2.48. The molecule has 0 spiro atoms. The SMILES string of the molecule is CCN1CCN(C(=O)c2ccc3c(c2)nc(C)n3-c2ccccc2)CC1. The van der Waals surface area contributed by atoms with Crippen molar-refractivity contribution in [3.63, 3.8) is 0 Å². The third-order valence-electron chi connectivity index (χ3n) is 5.19. The number of carbonyl (C=O) groups excluding carboxylic acids is 1. The van der Waals surface area contributed by atoms with E-state index in [0.717, 1.165) is 60.8 Å². The molecule has 0 radical (unpaired) electrons. The molecule has 4 rings (SSSR count). The number of hydrogen-bond acceptors (Lipinski definition) is 3. The molecule has 1 amide bonds. The van der Waals surface area contributed by atoms with Gasteiger partial charge in [-0.2, -0.15) is 0 Å². The van der Waals surface area contributed by atoms with Crippen molar-refractivity contribution in [1.82, 2.24) is 19.4 Å². The van der Waals surface area contributed by atoms with Crippen LogP contribution in [0.1, 0.15) is 23.1 Å². The van der Waals surface area contributed by atoms with Crippen LogP contribution in [0.3, 0.4) is 0 Å². The summed E-state index contributed by atoms with van der Waals surface area (Å²) in [5, 5.41) is 0. The first-order valence-corrected chi connectivity index (χ1v) is 9.23. The first kappa shape index (κ1) is 16.8. The molecule has 134 valence electrons. The largest absolute Gasteiger partial charge is 0.336 e. The molecule has 2 aromatic carbocycles. The van der Waals surface area contributed by atoms with Gasteiger partial charge in [-0.25, -0.2) is 4.98 Å². The number of benzene rings is 2. The number of hydrogen-bond donors (Lipinski definition) is 0. The van der Waals surface area contributed by atoms with E-state index in [-0.39, 0.29) is 5.91 Å². The fourth-order valence-corrected chi connectivity index (χ4v) is 3.69. The number of fused-ring (bicyclic) bond motifs is 1. The molecule has 1 fully saturated rings. The summed E-state index contributed by atoms with van der Waals surface area (Å²) in [6, 6.07) is 16.1. The Kier molecular flexibility index (Phi) is 4.47. The lowest BCUT2D eigenvalue weighted by molar-refractivity contribution is 0.0643. The van der Waals surface area contributed by atoms with Gasteiger partial charge in [0.15, 0.2) is 0 Å². The van der Waals surface area contributed by atoms with Crippen LogP contribution >= 0.6 is 0 Å². The van der Waals surface area contributed by atoms with Crippen LogP contribution in [0.25, 0.3) is 16.7 Å². The first-order valence-electron chi connectivity index (χ1n) is 9.23. The molecule has 0 N–H and O–H groups in total. The minimum absolute atomic E-state index is 0.106. The predicted octanol–water partition coefficient (Wildman–Crippen LogP) is 3.11. The van der Waals surface area contributed by atoms with Crippen molar-refractivity contribution < 1.29 is 4.79 Å². The third-order valence-corrected chi connectivity index (χ3v) is 5.19. The summed E-state index contributed by atoms with van der Waals surface area (Å²) < 4.78 is 2.13. The van der Waals surface area contributed by atoms with E-state index in [0.29, 0.717) is 0 Å². The van der Waals surface area contributed by atoms with E-state index < -0.39 is 0 Å². The Morgan fingerprint density at radius 3 is 2.46 bits per heavy atom. The van der Waals surface area contributed by atoms with Gasteiger partial charge in [0, 0.05) is 37.4 Å². The van der Waals surface area contributed by atoms with Gasteiger partial charge in [-0.05, 0) is 43.8 Å². The second-order valence-electron chi connectivity index (χ2n) is 6.76. The Labute approximate surface area is 153 Å². The Morgan fingerprint density at radius 1 is 1.04 bits per heavy atom. The maximum Gasteiger partial charge on any atom is 0.254 e. The summed E-state index contributed by atoms with van der Waals surface area (Å²) in [5.41, 5.74) is 3.70. The first-order chi connectivity index (χ1) is 12.7. The van der Waals surface area contributed by atoms with Gasteiger partial charge in [0.2, 0.25) is 0 Å². The zero-order valence-corrected chi connectivity index (χ0v) is 15.4. The molecule has 0 aliphatic carbocycles. The molecule has 26 heavy (non-hydrogen) atoms. The van der Waals surface area contributed by atoms with Gasteiger partial charge in [-0.3, -0.25) is 9.36 Å². The number of nitrogens with zero attached hydrogens (tertiary/aromatic N) is 4. The quantitative estimate of drug-likeness (QED) is 0.730. The van der Waals surface area contributed by atoms with Crippen molar-refractivity contribution in [1.29, 1.82) is 0 Å². The van der Waals surface area contributed by atoms with Gasteiger partial charge in [0.1, 0.15) is 5.82 Å². The average molecular weight is 348 g/mol. The van der Waals surface area contributed by atoms with Crippen molar-refractivity contribution in [2.75, 3.05) is 32.7 Å². The van der Waals surface area contributed by atoms with Gasteiger partial charge < -0.3 is 9.80 Å². The number of amides is 1. The maximum absolute atomic E-state index is 12.9. The molecule has 1 aliphatic rings. The molecule has 1 saturated heterocycles. The molecule has 5 heteroatoms. The van der Waals surface area contributed by atoms with E-state index in [1.165, 1.54) is 0 Å². The molecule has 0 atom stereocenters. The van der Waals surface area contributed by atoms with Crippen molar-refractivity contribution in [2.24, 2.45) is 0 Å². The fourth-order valence-electron chi connectivity index (χ4n) is 3.69. The number of aromatic nitrogens is 2. The van der Waals surface area contributed by atoms with Gasteiger partial charge in [0.25, 0.3) is 5.91 Å². The van der Waals surface area contributed by atoms with E-state index in [9.17, 15) is 4.79 Å². The Hall–Kier alpha value is -2.66. The summed E-state index contributed by atoms with van der Waals surface area (Å²) >= 11 is 0. The monoisotopic (exact) mass is 348 g/mol. The van der Waals surface area contributed by atoms with Gasteiger partial charge in [-0.1, -0.05) is 25.1 Å². The standard InChI is InChI=1S/C21H24N4O/c1-3-23-11-13-24(14-12-23)21(26)17-9-10-20-19(15-17)22-16(2)25(20)18-7-5-4-6-8-18/h4-10,15H,3,11-14H2,1-2H3. The van der Waals surface area contributed by atoms with Gasteiger partial charge in [-0.15, -0.1) is 0 Å². The molecule has 0 bridgehead atoms. The minimum atomic E-state index is 0.106. The minimum Gasteiger partial charge on any atom is -0.336 e. The smallest absolute Gasteiger partial charge is 0.254 e. The number of rotatable bonds is 3. The normalized spacial score (nSPS) is 15.5. The summed E-state index contributed by atoms with van der Waals surface area (Å²) in [4.78, 5) is 21.9. The second kappa shape index (κ2) is 6.92. The van der Waals surface area contributed by atoms with Gasteiger partial charge in [0.05, 0.1) is 11.0 Å². The average Bonchev–Trinajstić information content (AvgIpc) is 3.03. The van der Waals surface area contributed by atoms with Crippen LogP contribution in [0.15, 0.2) is 48.5 Å². The van der Waals surface area contributed by atoms with Crippen molar-refractivity contribution in [2.45, 2.75) is 13.8 Å². The highest BCUT2D eigenvalue weighted by atomic mass is 16.2. The molecular formula is C21H24N4O. The van der Waals surface area contributed by atoms with Crippen LogP contribution in [-0.2, 0) is 0 Å². The molecule has 5 nitrogen and oxygen atoms in total. The number of aryl methyl sites for hydroxylation is 1. The lowest BCUT2D eigenvalue weighted by Gasteiger charge is -2.34. The molecular weight excluding hydrogens is 324 g/mol. The van der Waals surface area contributed by atoms with Crippen molar-refractivity contribution >= 4 is 16.9 Å². The van der Waals surface area contributed by atoms with Crippen molar-refractivity contribution in [3.05, 3.63) is 59.9 Å². The molecule has 2 heterocycles. The van der Waals surface area contributed by atoms with E-state index in [1.54, 1.807) is 0 Å². The van der Waals surface area contributed by atoms with Crippen LogP contribution in [0.4, 0.5) is 0 Å². The van der Waals surface area contributed by atoms with Crippen LogP contribution in [0.5, 0.6) is 0 Å². The summed E-state index contributed by atoms with van der Waals surface area (Å²) in [6.07, 6.45) is 0. The highest BCUT2D eigenvalue weighted by Gasteiger charge is 2.22. The third kappa shape index (κ3) is 2.99. The zero-order valence-electron chi connectivity index (χ0n) is 15.4. The van der Waals surface area contributed by atoms with Crippen LogP contribution in [-0.4, -0.2) is 58.0 Å². The molecule has 0 unspecified atom stereocenters. The van der Waals surface area contributed by atoms with Gasteiger partial charge >= 0.3 is 0 Å². The second-order valence-corrected chi connectivity index (χ2v) is 6.76. The Bertz CT molecular complexity index is 924. The van der Waals surface area contributed by atoms with E-state index >= 15 is 0 Å². The molecule has 1 aromatic heterocycles. The Morgan fingerprint density at radius 2 is 1.77 bits per heavy atom. The van der Waals surface area contributed by atoms with E-state index in [1.807, 2.05) is 48.2 Å². The summed E-state index contributed by atoms with van der Waals surface area (Å²) in [5.74, 6) is 1.03. The summed E-state index contributed by atoms with van der Waals surface area (Å²) in [6.45, 7) is 8.70. The number of imidazole rings is 1. The number of carbonyl (C=O) groups is 1. The molecule has 1 aliphatic heterocycles. The summed E-state index contributed by atoms with van der Waals surface area (Å²) in [7, 11) is 0. The highest BCUT2D eigenvalue weighted by molar-refractivity contribution is 5.97. The fraction of sp³-hybridized carbons (Fsp3) is 0.333. The number of likely N-dealkylation sites (N-methyl/N-ethyl adjacent to an activating group) is 1. The van der Waals surface area contributed by atoms with E-state index in [2.05, 4.69) is 33.5 Å². The van der Waals surface area contributed by atoms with E-state index in [4.69, 9.17) is 0 Å². The maximum atomic E-state index is 12.9. The molecule has 3 aromatic rings. The van der Waals surface area contributed by atoms with Crippen LogP contribution < -0.4 is 0 Å². The van der Waals surface area contributed by atoms with Crippen molar-refractivity contribution in [3.8, 4) is 5.69 Å². The number of para-hydroxylation sites is 1. The Balaban J connectivity index is 1.64. The van der Waals surface area contributed by atoms with Crippen LogP contribution in [0, 0.1) is 6.92 Å². The topological polar surface area (TPSA) is 41.4 Å². The molecule has 0 saturated carbocycles. The predicted molar refractivity (Wildman–Crippen MR) is 104 cm³/mol. The lowest BCUT2D eigenvalue weighted by atomic mass is 10.1. The highest BCUT2D eigenvalue weighted by Crippen LogP contribution is 2.23. The number of piperazine rings is 1. The van der Waals surface area contributed by atoms with Crippen LogP contribution in [0.2, 0.25) is 0 Å². The zero-order chi connectivity index (χ0) is 18.1.